The number of amides is 1. The van der Waals surface area contributed by atoms with Crippen LogP contribution in [0.15, 0.2) is 66.9 Å². The maximum atomic E-state index is 12.8. The van der Waals surface area contributed by atoms with E-state index in [1.807, 2.05) is 54.6 Å². The summed E-state index contributed by atoms with van der Waals surface area (Å²) in [5.74, 6) is 0.530. The molecule has 3 aromatic rings. The minimum Gasteiger partial charge on any atom is -0.489 e. The Labute approximate surface area is 229 Å². The largest absolute Gasteiger partial charge is 0.489 e. The lowest BCUT2D eigenvalue weighted by Gasteiger charge is -2.33. The second kappa shape index (κ2) is 12.4. The molecule has 0 radical (unpaired) electrons. The van der Waals surface area contributed by atoms with E-state index in [4.69, 9.17) is 15.3 Å². The molecule has 2 aliphatic rings. The third-order valence-corrected chi connectivity index (χ3v) is 7.49. The predicted octanol–water partition coefficient (Wildman–Crippen LogP) is 4.27. The zero-order valence-electron chi connectivity index (χ0n) is 21.9. The van der Waals surface area contributed by atoms with Crippen molar-refractivity contribution in [1.82, 2.24) is 15.2 Å². The SMILES string of the molecule is N#Cc1ccc(CN2CCC(NC(=O)c3ccc(OC4CCN(c5ccc(C#N)cc5)CC4)cn3)CC2)cc1. The second-order valence-electron chi connectivity index (χ2n) is 10.2. The number of pyridine rings is 1. The fourth-order valence-electron chi connectivity index (χ4n) is 5.19. The van der Waals surface area contributed by atoms with Crippen LogP contribution in [-0.2, 0) is 6.54 Å². The summed E-state index contributed by atoms with van der Waals surface area (Å²) >= 11 is 0. The van der Waals surface area contributed by atoms with E-state index in [1.165, 1.54) is 5.56 Å². The van der Waals surface area contributed by atoms with Crippen LogP contribution in [0.5, 0.6) is 5.75 Å². The zero-order valence-corrected chi connectivity index (χ0v) is 21.9. The van der Waals surface area contributed by atoms with Gasteiger partial charge in [-0.1, -0.05) is 12.1 Å². The van der Waals surface area contributed by atoms with Crippen molar-refractivity contribution in [1.29, 1.82) is 10.5 Å². The first-order chi connectivity index (χ1) is 19.1. The summed E-state index contributed by atoms with van der Waals surface area (Å²) in [6.45, 7) is 4.45. The van der Waals surface area contributed by atoms with Crippen molar-refractivity contribution in [3.63, 3.8) is 0 Å². The van der Waals surface area contributed by atoms with Gasteiger partial charge in [-0.15, -0.1) is 0 Å². The molecule has 8 nitrogen and oxygen atoms in total. The number of anilines is 1. The van der Waals surface area contributed by atoms with Gasteiger partial charge in [0.2, 0.25) is 0 Å². The van der Waals surface area contributed by atoms with Crippen molar-refractivity contribution in [2.45, 2.75) is 44.4 Å². The Morgan fingerprint density at radius 1 is 0.872 bits per heavy atom. The average Bonchev–Trinajstić information content (AvgIpc) is 2.99. The van der Waals surface area contributed by atoms with Crippen LogP contribution in [-0.4, -0.2) is 54.1 Å². The standard InChI is InChI=1S/C31H32N6O2/c32-19-23-1-3-25(4-2-23)22-36-15-11-26(12-16-36)35-31(38)30-10-9-29(21-34-30)39-28-13-17-37(18-14-28)27-7-5-24(20-33)6-8-27/h1-10,21,26,28H,11-18,22H2,(H,35,38). The van der Waals surface area contributed by atoms with Crippen molar-refractivity contribution in [2.24, 2.45) is 0 Å². The van der Waals surface area contributed by atoms with Crippen molar-refractivity contribution in [3.05, 3.63) is 89.2 Å². The van der Waals surface area contributed by atoms with Gasteiger partial charge >= 0.3 is 0 Å². The monoisotopic (exact) mass is 520 g/mol. The van der Waals surface area contributed by atoms with Crippen LogP contribution >= 0.6 is 0 Å². The molecule has 0 aliphatic carbocycles. The molecule has 2 aliphatic heterocycles. The summed E-state index contributed by atoms with van der Waals surface area (Å²) in [5, 5.41) is 21.1. The first kappa shape index (κ1) is 26.2. The number of piperidine rings is 2. The molecule has 39 heavy (non-hydrogen) atoms. The van der Waals surface area contributed by atoms with Crippen LogP contribution in [0.4, 0.5) is 5.69 Å². The number of nitrogens with zero attached hydrogens (tertiary/aromatic N) is 5. The Kier molecular flexibility index (Phi) is 8.36. The van der Waals surface area contributed by atoms with Gasteiger partial charge in [-0.2, -0.15) is 10.5 Å². The highest BCUT2D eigenvalue weighted by molar-refractivity contribution is 5.92. The number of ether oxygens (including phenoxy) is 1. The molecular weight excluding hydrogens is 488 g/mol. The second-order valence-corrected chi connectivity index (χ2v) is 10.2. The maximum absolute atomic E-state index is 12.8. The molecule has 0 unspecified atom stereocenters. The first-order valence-corrected chi connectivity index (χ1v) is 13.5. The van der Waals surface area contributed by atoms with Crippen LogP contribution in [0.1, 0.15) is 52.9 Å². The molecule has 5 rings (SSSR count). The van der Waals surface area contributed by atoms with Crippen LogP contribution < -0.4 is 15.0 Å². The van der Waals surface area contributed by atoms with Gasteiger partial charge in [0, 0.05) is 57.3 Å². The minimum absolute atomic E-state index is 0.107. The molecule has 0 saturated carbocycles. The molecule has 0 bridgehead atoms. The van der Waals surface area contributed by atoms with Crippen LogP contribution in [0, 0.1) is 22.7 Å². The molecule has 1 amide bonds. The summed E-state index contributed by atoms with van der Waals surface area (Å²) in [6, 6.07) is 23.4. The van der Waals surface area contributed by atoms with E-state index in [9.17, 15) is 4.79 Å². The Morgan fingerprint density at radius 3 is 2.10 bits per heavy atom. The minimum atomic E-state index is -0.150. The predicted molar refractivity (Wildman–Crippen MR) is 148 cm³/mol. The number of aromatic nitrogens is 1. The number of carbonyl (C=O) groups is 1. The molecule has 2 fully saturated rings. The Morgan fingerprint density at radius 2 is 1.51 bits per heavy atom. The van der Waals surface area contributed by atoms with Gasteiger partial charge in [-0.05, 0) is 66.9 Å². The molecular formula is C31H32N6O2. The number of nitrogens with one attached hydrogen (secondary N) is 1. The molecule has 2 saturated heterocycles. The van der Waals surface area contributed by atoms with E-state index in [0.29, 0.717) is 22.6 Å². The number of benzene rings is 2. The van der Waals surface area contributed by atoms with Gasteiger partial charge in [-0.25, -0.2) is 4.98 Å². The first-order valence-electron chi connectivity index (χ1n) is 13.5. The quantitative estimate of drug-likeness (QED) is 0.496. The fraction of sp³-hybridized carbons (Fsp3) is 0.355. The summed E-state index contributed by atoms with van der Waals surface area (Å²) in [7, 11) is 0. The smallest absolute Gasteiger partial charge is 0.270 e. The highest BCUT2D eigenvalue weighted by atomic mass is 16.5. The molecule has 198 valence electrons. The Balaban J connectivity index is 1.04. The average molecular weight is 521 g/mol. The highest BCUT2D eigenvalue weighted by Crippen LogP contribution is 2.24. The van der Waals surface area contributed by atoms with Gasteiger partial charge in [0.1, 0.15) is 17.5 Å². The van der Waals surface area contributed by atoms with Crippen molar-refractivity contribution < 1.29 is 9.53 Å². The third-order valence-electron chi connectivity index (χ3n) is 7.49. The summed E-state index contributed by atoms with van der Waals surface area (Å²) in [5.41, 5.74) is 4.07. The highest BCUT2D eigenvalue weighted by Gasteiger charge is 2.23. The van der Waals surface area contributed by atoms with Crippen LogP contribution in [0.3, 0.4) is 0 Å². The number of nitriles is 2. The number of rotatable bonds is 7. The van der Waals surface area contributed by atoms with Gasteiger partial charge in [0.15, 0.2) is 0 Å². The summed E-state index contributed by atoms with van der Waals surface area (Å²) in [4.78, 5) is 21.8. The molecule has 0 spiro atoms. The number of likely N-dealkylation sites (tertiary alicyclic amines) is 1. The summed E-state index contributed by atoms with van der Waals surface area (Å²) in [6.07, 6.45) is 5.32. The lowest BCUT2D eigenvalue weighted by molar-refractivity contribution is 0.0903. The summed E-state index contributed by atoms with van der Waals surface area (Å²) < 4.78 is 6.15. The Hall–Kier alpha value is -4.40. The normalized spacial score (nSPS) is 16.7. The van der Waals surface area contributed by atoms with Crippen molar-refractivity contribution in [2.75, 3.05) is 31.1 Å². The van der Waals surface area contributed by atoms with Crippen molar-refractivity contribution in [3.8, 4) is 17.9 Å². The molecule has 0 atom stereocenters. The van der Waals surface area contributed by atoms with Gasteiger partial charge in [-0.3, -0.25) is 9.69 Å². The van der Waals surface area contributed by atoms with E-state index < -0.39 is 0 Å². The van der Waals surface area contributed by atoms with E-state index in [1.54, 1.807) is 12.3 Å². The lowest BCUT2D eigenvalue weighted by atomic mass is 10.0. The van der Waals surface area contributed by atoms with Crippen molar-refractivity contribution >= 4 is 11.6 Å². The van der Waals surface area contributed by atoms with E-state index >= 15 is 0 Å². The van der Waals surface area contributed by atoms with Crippen LogP contribution in [0.25, 0.3) is 0 Å². The van der Waals surface area contributed by atoms with Crippen LogP contribution in [0.2, 0.25) is 0 Å². The van der Waals surface area contributed by atoms with Gasteiger partial charge < -0.3 is 15.0 Å². The molecule has 2 aromatic carbocycles. The van der Waals surface area contributed by atoms with Gasteiger partial charge in [0.05, 0.1) is 29.5 Å². The number of hydrogen-bond acceptors (Lipinski definition) is 7. The van der Waals surface area contributed by atoms with E-state index in [-0.39, 0.29) is 18.1 Å². The van der Waals surface area contributed by atoms with E-state index in [2.05, 4.69) is 32.2 Å². The third kappa shape index (κ3) is 6.93. The fourth-order valence-corrected chi connectivity index (χ4v) is 5.19. The van der Waals surface area contributed by atoms with E-state index in [0.717, 1.165) is 64.1 Å². The van der Waals surface area contributed by atoms with Gasteiger partial charge in [0.25, 0.3) is 5.91 Å². The lowest BCUT2D eigenvalue weighted by Crippen LogP contribution is -2.44. The number of carbonyl (C=O) groups excluding carboxylic acids is 1. The molecule has 3 heterocycles. The molecule has 1 aromatic heterocycles. The molecule has 8 heteroatoms. The zero-order chi connectivity index (χ0) is 27.0. The Bertz CT molecular complexity index is 1330. The maximum Gasteiger partial charge on any atom is 0.270 e. The number of hydrogen-bond donors (Lipinski definition) is 1. The molecule has 1 N–H and O–H groups in total. The topological polar surface area (TPSA) is 105 Å².